The highest BCUT2D eigenvalue weighted by Crippen LogP contribution is 2.34. The molecule has 0 radical (unpaired) electrons. The van der Waals surface area contributed by atoms with Crippen LogP contribution in [0.15, 0.2) is 47.2 Å². The van der Waals surface area contributed by atoms with Crippen LogP contribution in [0.1, 0.15) is 29.1 Å². The number of imidazole rings is 1. The first-order valence-corrected chi connectivity index (χ1v) is 7.08. The van der Waals surface area contributed by atoms with Crippen molar-refractivity contribution in [2.45, 2.75) is 25.4 Å². The van der Waals surface area contributed by atoms with E-state index in [9.17, 15) is 4.79 Å². The molecule has 0 aliphatic heterocycles. The van der Waals surface area contributed by atoms with Gasteiger partial charge >= 0.3 is 0 Å². The van der Waals surface area contributed by atoms with Gasteiger partial charge in [0.1, 0.15) is 17.1 Å². The van der Waals surface area contributed by atoms with Crippen molar-refractivity contribution < 1.29 is 9.21 Å². The molecule has 1 aliphatic rings. The van der Waals surface area contributed by atoms with E-state index in [-0.39, 0.29) is 0 Å². The van der Waals surface area contributed by atoms with Crippen LogP contribution in [-0.2, 0) is 6.54 Å². The number of rotatable bonds is 5. The first kappa shape index (κ1) is 12.2. The van der Waals surface area contributed by atoms with Crippen LogP contribution in [0.4, 0.5) is 5.82 Å². The third-order valence-corrected chi connectivity index (χ3v) is 3.83. The Morgan fingerprint density at radius 1 is 1.33 bits per heavy atom. The van der Waals surface area contributed by atoms with Crippen LogP contribution in [0.25, 0.3) is 5.65 Å². The molecule has 0 N–H and O–H groups in total. The number of pyridine rings is 1. The minimum atomic E-state index is 0.443. The Balaban J connectivity index is 1.80. The third kappa shape index (κ3) is 2.11. The summed E-state index contributed by atoms with van der Waals surface area (Å²) in [6.07, 6.45) is 6.69. The van der Waals surface area contributed by atoms with E-state index in [0.29, 0.717) is 18.3 Å². The molecule has 3 aromatic rings. The molecule has 21 heavy (non-hydrogen) atoms. The number of nitrogens with zero attached hydrogens (tertiary/aromatic N) is 3. The maximum Gasteiger partial charge on any atom is 0.170 e. The zero-order chi connectivity index (χ0) is 14.2. The molecule has 5 nitrogen and oxygen atoms in total. The van der Waals surface area contributed by atoms with Crippen molar-refractivity contribution in [3.8, 4) is 0 Å². The van der Waals surface area contributed by atoms with Gasteiger partial charge in [0.2, 0.25) is 0 Å². The number of fused-ring (bicyclic) bond motifs is 1. The standard InChI is InChI=1S/C16H15N3O2/c20-11-14-16(17-15-5-1-2-8-18(14)15)19(12-6-7-12)10-13-4-3-9-21-13/h1-5,8-9,11-12H,6-7,10H2. The maximum absolute atomic E-state index is 11.5. The van der Waals surface area contributed by atoms with Crippen LogP contribution in [0.3, 0.4) is 0 Å². The summed E-state index contributed by atoms with van der Waals surface area (Å²) in [4.78, 5) is 18.4. The summed E-state index contributed by atoms with van der Waals surface area (Å²) in [5, 5.41) is 0. The van der Waals surface area contributed by atoms with Crippen LogP contribution < -0.4 is 4.90 Å². The molecule has 0 spiro atoms. The predicted octanol–water partition coefficient (Wildman–Crippen LogP) is 2.91. The van der Waals surface area contributed by atoms with Gasteiger partial charge in [0.25, 0.3) is 0 Å². The number of anilines is 1. The molecular weight excluding hydrogens is 266 g/mol. The van der Waals surface area contributed by atoms with Crippen LogP contribution in [0.5, 0.6) is 0 Å². The molecule has 0 aromatic carbocycles. The third-order valence-electron chi connectivity index (χ3n) is 3.83. The first-order valence-electron chi connectivity index (χ1n) is 7.08. The Labute approximate surface area is 121 Å². The van der Waals surface area contributed by atoms with Gasteiger partial charge in [0, 0.05) is 12.2 Å². The lowest BCUT2D eigenvalue weighted by molar-refractivity contribution is 0.111. The van der Waals surface area contributed by atoms with E-state index >= 15 is 0 Å². The normalized spacial score (nSPS) is 14.5. The Morgan fingerprint density at radius 2 is 2.24 bits per heavy atom. The highest BCUT2D eigenvalue weighted by atomic mass is 16.3. The highest BCUT2D eigenvalue weighted by molar-refractivity contribution is 5.83. The second-order valence-corrected chi connectivity index (χ2v) is 5.31. The molecular formula is C16H15N3O2. The lowest BCUT2D eigenvalue weighted by Crippen LogP contribution is -2.26. The van der Waals surface area contributed by atoms with Gasteiger partial charge in [-0.05, 0) is 37.1 Å². The van der Waals surface area contributed by atoms with E-state index in [1.807, 2.05) is 40.9 Å². The average Bonchev–Trinajstić information content (AvgIpc) is 3.10. The maximum atomic E-state index is 11.5. The van der Waals surface area contributed by atoms with Gasteiger partial charge in [-0.25, -0.2) is 4.98 Å². The first-order chi connectivity index (χ1) is 10.4. The minimum Gasteiger partial charge on any atom is -0.467 e. The summed E-state index contributed by atoms with van der Waals surface area (Å²) in [5.41, 5.74) is 1.39. The van der Waals surface area contributed by atoms with E-state index in [0.717, 1.165) is 36.4 Å². The fourth-order valence-electron chi connectivity index (χ4n) is 2.66. The summed E-state index contributed by atoms with van der Waals surface area (Å²) >= 11 is 0. The molecule has 0 atom stereocenters. The lowest BCUT2D eigenvalue weighted by Gasteiger charge is -2.21. The summed E-state index contributed by atoms with van der Waals surface area (Å²) in [7, 11) is 0. The topological polar surface area (TPSA) is 50.8 Å². The molecule has 1 fully saturated rings. The van der Waals surface area contributed by atoms with Gasteiger partial charge in [-0.2, -0.15) is 0 Å². The van der Waals surface area contributed by atoms with Crippen LogP contribution >= 0.6 is 0 Å². The Hall–Kier alpha value is -2.56. The number of hydrogen-bond acceptors (Lipinski definition) is 4. The molecule has 4 rings (SSSR count). The van der Waals surface area contributed by atoms with E-state index < -0.39 is 0 Å². The van der Waals surface area contributed by atoms with Gasteiger partial charge < -0.3 is 9.32 Å². The number of aldehydes is 1. The second kappa shape index (κ2) is 4.77. The molecule has 0 bridgehead atoms. The zero-order valence-electron chi connectivity index (χ0n) is 11.5. The van der Waals surface area contributed by atoms with Gasteiger partial charge in [0.15, 0.2) is 12.1 Å². The molecule has 1 aliphatic carbocycles. The summed E-state index contributed by atoms with van der Waals surface area (Å²) in [6, 6.07) is 10.0. The number of aromatic nitrogens is 2. The highest BCUT2D eigenvalue weighted by Gasteiger charge is 2.33. The lowest BCUT2D eigenvalue weighted by atomic mass is 10.3. The molecule has 3 heterocycles. The second-order valence-electron chi connectivity index (χ2n) is 5.31. The van der Waals surface area contributed by atoms with Crippen LogP contribution in [-0.4, -0.2) is 21.7 Å². The Morgan fingerprint density at radius 3 is 2.95 bits per heavy atom. The van der Waals surface area contributed by atoms with Crippen molar-refractivity contribution in [2.24, 2.45) is 0 Å². The number of carbonyl (C=O) groups excluding carboxylic acids is 1. The van der Waals surface area contributed by atoms with Crippen molar-refractivity contribution in [1.82, 2.24) is 9.38 Å². The number of carbonyl (C=O) groups is 1. The van der Waals surface area contributed by atoms with Crippen molar-refractivity contribution in [2.75, 3.05) is 4.90 Å². The van der Waals surface area contributed by atoms with Crippen molar-refractivity contribution in [3.63, 3.8) is 0 Å². The quantitative estimate of drug-likeness (QED) is 0.675. The largest absolute Gasteiger partial charge is 0.467 e. The Kier molecular flexibility index (Phi) is 2.77. The predicted molar refractivity (Wildman–Crippen MR) is 78.5 cm³/mol. The average molecular weight is 281 g/mol. The summed E-state index contributed by atoms with van der Waals surface area (Å²) in [5.74, 6) is 1.63. The molecule has 106 valence electrons. The van der Waals surface area contributed by atoms with Gasteiger partial charge in [0.05, 0.1) is 12.8 Å². The van der Waals surface area contributed by atoms with Crippen molar-refractivity contribution in [3.05, 3.63) is 54.2 Å². The van der Waals surface area contributed by atoms with Gasteiger partial charge in [-0.15, -0.1) is 0 Å². The monoisotopic (exact) mass is 281 g/mol. The van der Waals surface area contributed by atoms with Crippen molar-refractivity contribution >= 4 is 17.8 Å². The molecule has 0 saturated heterocycles. The fourth-order valence-corrected chi connectivity index (χ4v) is 2.66. The van der Waals surface area contributed by atoms with Crippen LogP contribution in [0.2, 0.25) is 0 Å². The van der Waals surface area contributed by atoms with E-state index in [1.54, 1.807) is 6.26 Å². The van der Waals surface area contributed by atoms with Crippen LogP contribution in [0, 0.1) is 0 Å². The zero-order valence-corrected chi connectivity index (χ0v) is 11.5. The summed E-state index contributed by atoms with van der Waals surface area (Å²) in [6.45, 7) is 0.641. The number of hydrogen-bond donors (Lipinski definition) is 0. The van der Waals surface area contributed by atoms with Crippen molar-refractivity contribution in [1.29, 1.82) is 0 Å². The molecule has 5 heteroatoms. The van der Waals surface area contributed by atoms with E-state index in [1.165, 1.54) is 0 Å². The molecule has 0 unspecified atom stereocenters. The molecule has 3 aromatic heterocycles. The summed E-state index contributed by atoms with van der Waals surface area (Å²) < 4.78 is 7.28. The molecule has 1 saturated carbocycles. The minimum absolute atomic E-state index is 0.443. The number of furan rings is 1. The van der Waals surface area contributed by atoms with Gasteiger partial charge in [-0.3, -0.25) is 9.20 Å². The fraction of sp³-hybridized carbons (Fsp3) is 0.250. The van der Waals surface area contributed by atoms with Gasteiger partial charge in [-0.1, -0.05) is 6.07 Å². The van der Waals surface area contributed by atoms with E-state index in [2.05, 4.69) is 9.88 Å². The van der Waals surface area contributed by atoms with E-state index in [4.69, 9.17) is 4.42 Å². The smallest absolute Gasteiger partial charge is 0.170 e. The SMILES string of the molecule is O=Cc1c(N(Cc2ccco2)C2CC2)nc2ccccn12. The Bertz CT molecular complexity index is 772. The molecule has 0 amide bonds.